The molecule has 0 saturated carbocycles. The third kappa shape index (κ3) is 4.87. The molecule has 2 atom stereocenters. The first-order chi connectivity index (χ1) is 11.7. The molecule has 0 bridgehead atoms. The molecule has 2 rings (SSSR count). The Labute approximate surface area is 175 Å². The van der Waals surface area contributed by atoms with Crippen LogP contribution in [0.2, 0.25) is 0 Å². The molecule has 2 aromatic rings. The number of nitrogens with zero attached hydrogens (tertiary/aromatic N) is 3. The van der Waals surface area contributed by atoms with E-state index in [0.717, 1.165) is 14.3 Å². The molecular formula is C13H17I2N7O2S. The normalized spacial score (nSPS) is 13.4. The van der Waals surface area contributed by atoms with Gasteiger partial charge >= 0.3 is 0 Å². The third-order valence-corrected chi connectivity index (χ3v) is 6.58. The van der Waals surface area contributed by atoms with Gasteiger partial charge in [0.2, 0.25) is 0 Å². The van der Waals surface area contributed by atoms with Crippen LogP contribution in [0.15, 0.2) is 0 Å². The predicted octanol–water partition coefficient (Wildman–Crippen LogP) is 1.76. The minimum Gasteiger partial charge on any atom is -0.377 e. The van der Waals surface area contributed by atoms with Gasteiger partial charge in [0.25, 0.3) is 5.91 Å². The van der Waals surface area contributed by atoms with Crippen molar-refractivity contribution in [3.8, 4) is 0 Å². The lowest BCUT2D eigenvalue weighted by atomic mass is 10.2. The van der Waals surface area contributed by atoms with E-state index in [0.29, 0.717) is 15.9 Å². The standard InChI is InChI=1S/C13H17I2N7O2S/c1-3-5(9(16)23)18-12-8(15)19-7(10(17)24)11(20-12)21-13-6(14)4(2)22-25-13/h5,9,23H,3,16H2,1-2H3,(H2,17,24)(H2,18,20,21)/t5-,9?/m1/s1. The first-order valence-electron chi connectivity index (χ1n) is 7.20. The Morgan fingerprint density at radius 2 is 2.04 bits per heavy atom. The summed E-state index contributed by atoms with van der Waals surface area (Å²) in [5.74, 6) is -0.0688. The van der Waals surface area contributed by atoms with E-state index in [4.69, 9.17) is 11.5 Å². The molecule has 0 aliphatic rings. The van der Waals surface area contributed by atoms with Gasteiger partial charge in [-0.15, -0.1) is 0 Å². The molecule has 25 heavy (non-hydrogen) atoms. The van der Waals surface area contributed by atoms with E-state index in [1.165, 1.54) is 11.5 Å². The minimum atomic E-state index is -1.06. The first kappa shape index (κ1) is 20.5. The second-order valence-corrected chi connectivity index (χ2v) is 7.98. The van der Waals surface area contributed by atoms with Crippen LogP contribution in [0.4, 0.5) is 16.6 Å². The fourth-order valence-corrected chi connectivity index (χ4v) is 3.84. The zero-order chi connectivity index (χ0) is 18.7. The summed E-state index contributed by atoms with van der Waals surface area (Å²) in [4.78, 5) is 20.4. The Kier molecular flexibility index (Phi) is 7.12. The fraction of sp³-hybridized carbons (Fsp3) is 0.385. The maximum Gasteiger partial charge on any atom is 0.271 e. The Morgan fingerprint density at radius 1 is 1.36 bits per heavy atom. The number of amides is 1. The minimum absolute atomic E-state index is 0.0261. The first-order valence-corrected chi connectivity index (χ1v) is 10.1. The smallest absolute Gasteiger partial charge is 0.271 e. The number of anilines is 3. The van der Waals surface area contributed by atoms with Crippen molar-refractivity contribution in [2.24, 2.45) is 11.5 Å². The number of primary amides is 1. The number of rotatable bonds is 7. The van der Waals surface area contributed by atoms with E-state index in [1.54, 1.807) is 0 Å². The second-order valence-electron chi connectivity index (χ2n) is 5.11. The number of carbonyl (C=O) groups is 1. The van der Waals surface area contributed by atoms with Gasteiger partial charge in [-0.25, -0.2) is 9.97 Å². The van der Waals surface area contributed by atoms with Crippen LogP contribution in [-0.4, -0.2) is 37.6 Å². The lowest BCUT2D eigenvalue weighted by molar-refractivity contribution is 0.0996. The number of aromatic nitrogens is 3. The fourth-order valence-electron chi connectivity index (χ4n) is 1.91. The highest BCUT2D eigenvalue weighted by atomic mass is 127. The van der Waals surface area contributed by atoms with Crippen molar-refractivity contribution in [1.82, 2.24) is 14.3 Å². The maximum absolute atomic E-state index is 11.7. The van der Waals surface area contributed by atoms with Gasteiger partial charge < -0.3 is 27.2 Å². The van der Waals surface area contributed by atoms with Crippen molar-refractivity contribution < 1.29 is 9.90 Å². The maximum atomic E-state index is 11.7. The molecule has 0 spiro atoms. The van der Waals surface area contributed by atoms with Gasteiger partial charge in [0, 0.05) is 0 Å². The molecule has 0 fully saturated rings. The summed E-state index contributed by atoms with van der Waals surface area (Å²) >= 11 is 5.36. The van der Waals surface area contributed by atoms with Crippen molar-refractivity contribution in [2.45, 2.75) is 32.5 Å². The molecule has 1 amide bonds. The molecule has 9 nitrogen and oxygen atoms in total. The zero-order valence-corrected chi connectivity index (χ0v) is 18.5. The van der Waals surface area contributed by atoms with Crippen molar-refractivity contribution in [1.29, 1.82) is 0 Å². The summed E-state index contributed by atoms with van der Waals surface area (Å²) in [5.41, 5.74) is 11.9. The number of aliphatic hydroxyl groups excluding tert-OH is 1. The Balaban J connectivity index is 2.43. The molecule has 1 unspecified atom stereocenters. The number of hydrogen-bond donors (Lipinski definition) is 5. The van der Waals surface area contributed by atoms with Crippen LogP contribution in [-0.2, 0) is 0 Å². The summed E-state index contributed by atoms with van der Waals surface area (Å²) in [5, 5.41) is 16.5. The van der Waals surface area contributed by atoms with E-state index in [-0.39, 0.29) is 11.5 Å². The predicted molar refractivity (Wildman–Crippen MR) is 114 cm³/mol. The average molecular weight is 589 g/mol. The highest BCUT2D eigenvalue weighted by Gasteiger charge is 2.21. The van der Waals surface area contributed by atoms with E-state index >= 15 is 0 Å². The van der Waals surface area contributed by atoms with Crippen molar-refractivity contribution in [3.63, 3.8) is 0 Å². The van der Waals surface area contributed by atoms with Gasteiger partial charge in [-0.1, -0.05) is 6.92 Å². The van der Waals surface area contributed by atoms with Gasteiger partial charge in [0.1, 0.15) is 14.9 Å². The summed E-state index contributed by atoms with van der Waals surface area (Å²) < 4.78 is 5.63. The van der Waals surface area contributed by atoms with Crippen molar-refractivity contribution in [2.75, 3.05) is 10.6 Å². The summed E-state index contributed by atoms with van der Waals surface area (Å²) in [6.07, 6.45) is -0.471. The molecular weight excluding hydrogens is 572 g/mol. The van der Waals surface area contributed by atoms with E-state index in [2.05, 4.69) is 47.6 Å². The molecule has 2 heterocycles. The molecule has 2 aromatic heterocycles. The van der Waals surface area contributed by atoms with Crippen LogP contribution >= 0.6 is 56.7 Å². The highest BCUT2D eigenvalue weighted by Crippen LogP contribution is 2.30. The average Bonchev–Trinajstić information content (AvgIpc) is 2.86. The number of halogens is 2. The summed E-state index contributed by atoms with van der Waals surface area (Å²) in [6, 6.07) is -0.402. The van der Waals surface area contributed by atoms with Crippen LogP contribution < -0.4 is 22.1 Å². The molecule has 0 saturated heterocycles. The number of aryl methyl sites for hydroxylation is 1. The van der Waals surface area contributed by atoms with Gasteiger partial charge in [-0.3, -0.25) is 4.79 Å². The quantitative estimate of drug-likeness (QED) is 0.242. The van der Waals surface area contributed by atoms with Crippen LogP contribution in [0.1, 0.15) is 29.5 Å². The van der Waals surface area contributed by atoms with Gasteiger partial charge in [-0.05, 0) is 70.1 Å². The Hall–Kier alpha value is -0.840. The number of carbonyl (C=O) groups excluding carboxylic acids is 1. The molecule has 7 N–H and O–H groups in total. The Morgan fingerprint density at radius 3 is 2.52 bits per heavy atom. The van der Waals surface area contributed by atoms with Crippen molar-refractivity contribution in [3.05, 3.63) is 18.7 Å². The van der Waals surface area contributed by atoms with Crippen LogP contribution in [0.5, 0.6) is 0 Å². The van der Waals surface area contributed by atoms with Crippen LogP contribution in [0, 0.1) is 14.2 Å². The molecule has 136 valence electrons. The summed E-state index contributed by atoms with van der Waals surface area (Å²) in [6.45, 7) is 3.77. The molecule has 12 heteroatoms. The number of nitrogens with two attached hydrogens (primary N) is 2. The van der Waals surface area contributed by atoms with Gasteiger partial charge in [0.15, 0.2) is 17.3 Å². The number of aliphatic hydroxyl groups is 1. The molecule has 0 aliphatic carbocycles. The van der Waals surface area contributed by atoms with Crippen LogP contribution in [0.3, 0.4) is 0 Å². The lowest BCUT2D eigenvalue weighted by Crippen LogP contribution is -2.40. The summed E-state index contributed by atoms with van der Waals surface area (Å²) in [7, 11) is 0. The SMILES string of the molecule is CC[C@@H](Nc1nc(Nc2snc(C)c2I)c(C(N)=O)nc1I)C(N)O. The second kappa shape index (κ2) is 8.70. The molecule has 0 aromatic carbocycles. The topological polar surface area (TPSA) is 152 Å². The molecule has 0 radical (unpaired) electrons. The highest BCUT2D eigenvalue weighted by molar-refractivity contribution is 14.1. The molecule has 0 aliphatic heterocycles. The van der Waals surface area contributed by atoms with Crippen molar-refractivity contribution >= 4 is 79.3 Å². The van der Waals surface area contributed by atoms with Crippen LogP contribution in [0.25, 0.3) is 0 Å². The third-order valence-electron chi connectivity index (χ3n) is 3.28. The zero-order valence-electron chi connectivity index (χ0n) is 13.4. The Bertz CT molecular complexity index is 784. The van der Waals surface area contributed by atoms with Gasteiger partial charge in [0.05, 0.1) is 15.3 Å². The van der Waals surface area contributed by atoms with Gasteiger partial charge in [-0.2, -0.15) is 4.37 Å². The van der Waals surface area contributed by atoms with E-state index in [1.807, 2.05) is 36.4 Å². The lowest BCUT2D eigenvalue weighted by Gasteiger charge is -2.21. The monoisotopic (exact) mass is 589 g/mol. The largest absolute Gasteiger partial charge is 0.377 e. The van der Waals surface area contributed by atoms with E-state index < -0.39 is 18.2 Å². The van der Waals surface area contributed by atoms with E-state index in [9.17, 15) is 9.90 Å². The number of hydrogen-bond acceptors (Lipinski definition) is 9. The number of nitrogens with one attached hydrogen (secondary N) is 2.